The van der Waals surface area contributed by atoms with Gasteiger partial charge >= 0.3 is 0 Å². The van der Waals surface area contributed by atoms with Gasteiger partial charge in [-0.3, -0.25) is 4.79 Å². The van der Waals surface area contributed by atoms with Crippen LogP contribution in [0.2, 0.25) is 0 Å². The number of ketones is 1. The van der Waals surface area contributed by atoms with Crippen LogP contribution in [0.5, 0.6) is 0 Å². The maximum absolute atomic E-state index is 11.2. The Morgan fingerprint density at radius 3 is 2.23 bits per heavy atom. The molecule has 0 aliphatic heterocycles. The number of hydrogen-bond acceptors (Lipinski definition) is 2. The molecule has 0 aliphatic rings. The van der Waals surface area contributed by atoms with Crippen molar-refractivity contribution >= 4 is 5.78 Å². The number of allylic oxidation sites excluding steroid dienone is 1. The molecule has 0 amide bonds. The molecule has 0 aromatic heterocycles. The highest BCUT2D eigenvalue weighted by molar-refractivity contribution is 5.79. The quantitative estimate of drug-likeness (QED) is 0.614. The molecular formula is C11H20O2. The van der Waals surface area contributed by atoms with Crippen molar-refractivity contribution in [2.75, 3.05) is 6.61 Å². The second-order valence-electron chi connectivity index (χ2n) is 4.40. The van der Waals surface area contributed by atoms with Crippen molar-refractivity contribution in [1.29, 1.82) is 0 Å². The number of rotatable bonds is 5. The summed E-state index contributed by atoms with van der Waals surface area (Å²) >= 11 is 0. The number of carbonyl (C=O) groups is 1. The van der Waals surface area contributed by atoms with Gasteiger partial charge in [0.2, 0.25) is 0 Å². The second-order valence-corrected chi connectivity index (χ2v) is 4.40. The van der Waals surface area contributed by atoms with Gasteiger partial charge in [0.05, 0.1) is 5.60 Å². The van der Waals surface area contributed by atoms with Crippen LogP contribution < -0.4 is 0 Å². The molecule has 0 saturated carbocycles. The molecule has 0 aromatic carbocycles. The zero-order chi connectivity index (χ0) is 10.5. The predicted molar refractivity (Wildman–Crippen MR) is 54.8 cm³/mol. The Morgan fingerprint density at radius 2 is 1.85 bits per heavy atom. The third-order valence-electron chi connectivity index (χ3n) is 1.50. The minimum atomic E-state index is -0.223. The van der Waals surface area contributed by atoms with Crippen LogP contribution in [0.4, 0.5) is 0 Å². The third kappa shape index (κ3) is 9.28. The summed E-state index contributed by atoms with van der Waals surface area (Å²) in [5, 5.41) is 0. The average Bonchev–Trinajstić information content (AvgIpc) is 1.95. The molecule has 0 heterocycles. The van der Waals surface area contributed by atoms with E-state index in [1.165, 1.54) is 0 Å². The molecule has 76 valence electrons. The lowest BCUT2D eigenvalue weighted by atomic mass is 10.1. The van der Waals surface area contributed by atoms with Gasteiger partial charge in [0, 0.05) is 6.42 Å². The zero-order valence-corrected chi connectivity index (χ0v) is 9.14. The van der Waals surface area contributed by atoms with Crippen molar-refractivity contribution in [2.24, 2.45) is 0 Å². The molecule has 0 rings (SSSR count). The fourth-order valence-corrected chi connectivity index (χ4v) is 0.722. The summed E-state index contributed by atoms with van der Waals surface area (Å²) in [7, 11) is 0. The Bertz CT molecular complexity index is 187. The zero-order valence-electron chi connectivity index (χ0n) is 9.14. The van der Waals surface area contributed by atoms with Crippen LogP contribution in [0, 0.1) is 0 Å². The normalized spacial score (nSPS) is 11.4. The lowest BCUT2D eigenvalue weighted by Gasteiger charge is -2.18. The highest BCUT2D eigenvalue weighted by Crippen LogP contribution is 2.08. The van der Waals surface area contributed by atoms with Crippen LogP contribution in [-0.4, -0.2) is 18.0 Å². The van der Waals surface area contributed by atoms with E-state index in [0.29, 0.717) is 6.42 Å². The van der Waals surface area contributed by atoms with Gasteiger partial charge in [-0.1, -0.05) is 5.57 Å². The first-order chi connectivity index (χ1) is 5.81. The van der Waals surface area contributed by atoms with E-state index in [-0.39, 0.29) is 18.0 Å². The van der Waals surface area contributed by atoms with Gasteiger partial charge in [-0.05, 0) is 34.1 Å². The van der Waals surface area contributed by atoms with Crippen LogP contribution in [0.1, 0.15) is 40.5 Å². The van der Waals surface area contributed by atoms with Crippen molar-refractivity contribution < 1.29 is 9.53 Å². The fourth-order valence-electron chi connectivity index (χ4n) is 0.722. The van der Waals surface area contributed by atoms with Crippen LogP contribution >= 0.6 is 0 Å². The van der Waals surface area contributed by atoms with Gasteiger partial charge in [0.15, 0.2) is 5.78 Å². The van der Waals surface area contributed by atoms with Gasteiger partial charge in [-0.2, -0.15) is 0 Å². The molecule has 0 radical (unpaired) electrons. The Kier molecular flexibility index (Phi) is 4.92. The van der Waals surface area contributed by atoms with E-state index in [4.69, 9.17) is 4.74 Å². The van der Waals surface area contributed by atoms with Crippen LogP contribution in [0.15, 0.2) is 12.2 Å². The van der Waals surface area contributed by atoms with E-state index in [2.05, 4.69) is 6.58 Å². The van der Waals surface area contributed by atoms with Gasteiger partial charge < -0.3 is 4.74 Å². The lowest BCUT2D eigenvalue weighted by Crippen LogP contribution is -2.23. The van der Waals surface area contributed by atoms with Crippen LogP contribution in [0.3, 0.4) is 0 Å². The average molecular weight is 184 g/mol. The Hall–Kier alpha value is -0.630. The Labute approximate surface area is 81.0 Å². The Balaban J connectivity index is 3.58. The molecule has 0 bridgehead atoms. The number of carbonyl (C=O) groups excluding carboxylic acids is 1. The van der Waals surface area contributed by atoms with E-state index >= 15 is 0 Å². The van der Waals surface area contributed by atoms with Crippen molar-refractivity contribution in [3.63, 3.8) is 0 Å². The lowest BCUT2D eigenvalue weighted by molar-refractivity contribution is -0.128. The molecule has 2 heteroatoms. The van der Waals surface area contributed by atoms with E-state index in [0.717, 1.165) is 12.0 Å². The monoisotopic (exact) mass is 184 g/mol. The number of ether oxygens (including phenoxy) is 1. The maximum Gasteiger partial charge on any atom is 0.158 e. The molecule has 0 aliphatic carbocycles. The summed E-state index contributed by atoms with van der Waals surface area (Å²) in [5.74, 6) is 0.151. The first-order valence-corrected chi connectivity index (χ1v) is 4.61. The summed E-state index contributed by atoms with van der Waals surface area (Å²) in [6.07, 6.45) is 1.32. The van der Waals surface area contributed by atoms with Crippen molar-refractivity contribution in [1.82, 2.24) is 0 Å². The molecule has 0 fully saturated rings. The number of hydrogen-bond donors (Lipinski definition) is 0. The molecular weight excluding hydrogens is 164 g/mol. The highest BCUT2D eigenvalue weighted by Gasteiger charge is 2.12. The fraction of sp³-hybridized carbons (Fsp3) is 0.727. The summed E-state index contributed by atoms with van der Waals surface area (Å²) in [4.78, 5) is 11.2. The molecule has 0 atom stereocenters. The molecule has 2 nitrogen and oxygen atoms in total. The first kappa shape index (κ1) is 12.4. The summed E-state index contributed by atoms with van der Waals surface area (Å²) < 4.78 is 5.34. The van der Waals surface area contributed by atoms with Gasteiger partial charge in [0.25, 0.3) is 0 Å². The van der Waals surface area contributed by atoms with Crippen LogP contribution in [-0.2, 0) is 9.53 Å². The standard InChI is InChI=1S/C11H20O2/c1-9(2)6-7-10(12)8-13-11(3,4)5/h1,6-8H2,2-5H3. The highest BCUT2D eigenvalue weighted by atomic mass is 16.5. The molecule has 0 aromatic rings. The van der Waals surface area contributed by atoms with E-state index in [1.807, 2.05) is 27.7 Å². The molecule has 0 unspecified atom stereocenters. The van der Waals surface area contributed by atoms with Gasteiger partial charge in [-0.15, -0.1) is 6.58 Å². The van der Waals surface area contributed by atoms with E-state index < -0.39 is 0 Å². The van der Waals surface area contributed by atoms with Gasteiger partial charge in [-0.25, -0.2) is 0 Å². The Morgan fingerprint density at radius 1 is 1.31 bits per heavy atom. The number of Topliss-reactive ketones (excluding diaryl/α,β-unsaturated/α-hetero) is 1. The minimum absolute atomic E-state index is 0.151. The summed E-state index contributed by atoms with van der Waals surface area (Å²) in [5.41, 5.74) is 0.822. The molecule has 0 N–H and O–H groups in total. The first-order valence-electron chi connectivity index (χ1n) is 4.61. The van der Waals surface area contributed by atoms with Crippen molar-refractivity contribution in [2.45, 2.75) is 46.1 Å². The van der Waals surface area contributed by atoms with Crippen molar-refractivity contribution in [3.05, 3.63) is 12.2 Å². The molecule has 0 spiro atoms. The minimum Gasteiger partial charge on any atom is -0.368 e. The van der Waals surface area contributed by atoms with E-state index in [1.54, 1.807) is 0 Å². The predicted octanol–water partition coefficient (Wildman–Crippen LogP) is 2.73. The molecule has 0 saturated heterocycles. The van der Waals surface area contributed by atoms with E-state index in [9.17, 15) is 4.79 Å². The SMILES string of the molecule is C=C(C)CCC(=O)COC(C)(C)C. The topological polar surface area (TPSA) is 26.3 Å². The largest absolute Gasteiger partial charge is 0.368 e. The third-order valence-corrected chi connectivity index (χ3v) is 1.50. The van der Waals surface area contributed by atoms with Crippen LogP contribution in [0.25, 0.3) is 0 Å². The van der Waals surface area contributed by atoms with Crippen molar-refractivity contribution in [3.8, 4) is 0 Å². The smallest absolute Gasteiger partial charge is 0.158 e. The maximum atomic E-state index is 11.2. The summed E-state index contributed by atoms with van der Waals surface area (Å²) in [6, 6.07) is 0. The summed E-state index contributed by atoms with van der Waals surface area (Å²) in [6.45, 7) is 11.7. The molecule has 13 heavy (non-hydrogen) atoms. The second kappa shape index (κ2) is 5.18. The van der Waals surface area contributed by atoms with Gasteiger partial charge in [0.1, 0.15) is 6.61 Å².